The largest absolute Gasteiger partial charge is 0.304 e. The lowest BCUT2D eigenvalue weighted by Gasteiger charge is -2.23. The van der Waals surface area contributed by atoms with Crippen molar-refractivity contribution in [2.75, 3.05) is 0 Å². The van der Waals surface area contributed by atoms with Gasteiger partial charge in [0.25, 0.3) is 0 Å². The first-order valence-corrected chi connectivity index (χ1v) is 7.86. The molecular weight excluding hydrogens is 276 g/mol. The van der Waals surface area contributed by atoms with Crippen LogP contribution in [0.5, 0.6) is 0 Å². The minimum absolute atomic E-state index is 0.426. The lowest BCUT2D eigenvalue weighted by Crippen LogP contribution is -2.24. The Kier molecular flexibility index (Phi) is 3.87. The van der Waals surface area contributed by atoms with Gasteiger partial charge >= 0.3 is 0 Å². The van der Waals surface area contributed by atoms with Crippen LogP contribution in [0.3, 0.4) is 0 Å². The zero-order chi connectivity index (χ0) is 13.2. The van der Waals surface area contributed by atoms with E-state index in [2.05, 4.69) is 28.5 Å². The standard InChI is InChI=1S/C15H17ClN2S/c1-10-4-2-5-11(18-10)9-17-13-6-3-7-14-12(13)8-15(16)19-14/h2,4-5,8,13,17H,3,6-7,9H2,1H3. The topological polar surface area (TPSA) is 24.9 Å². The Morgan fingerprint density at radius 2 is 2.37 bits per heavy atom. The van der Waals surface area contributed by atoms with Crippen molar-refractivity contribution < 1.29 is 0 Å². The summed E-state index contributed by atoms with van der Waals surface area (Å²) >= 11 is 7.86. The summed E-state index contributed by atoms with van der Waals surface area (Å²) in [5.41, 5.74) is 3.57. The Hall–Kier alpha value is -0.900. The number of hydrogen-bond donors (Lipinski definition) is 1. The molecule has 0 aromatic carbocycles. The zero-order valence-electron chi connectivity index (χ0n) is 10.9. The summed E-state index contributed by atoms with van der Waals surface area (Å²) in [7, 11) is 0. The minimum Gasteiger partial charge on any atom is -0.304 e. The number of nitrogens with zero attached hydrogens (tertiary/aromatic N) is 1. The molecule has 0 radical (unpaired) electrons. The molecule has 1 N–H and O–H groups in total. The van der Waals surface area contributed by atoms with Gasteiger partial charge in [0.2, 0.25) is 0 Å². The molecule has 0 spiro atoms. The van der Waals surface area contributed by atoms with Crippen LogP contribution in [-0.2, 0) is 13.0 Å². The molecule has 3 rings (SSSR count). The number of aryl methyl sites for hydroxylation is 2. The molecule has 1 atom stereocenters. The highest BCUT2D eigenvalue weighted by Gasteiger charge is 2.22. The van der Waals surface area contributed by atoms with Crippen LogP contribution in [0.15, 0.2) is 24.3 Å². The van der Waals surface area contributed by atoms with Gasteiger partial charge < -0.3 is 5.32 Å². The normalized spacial score (nSPS) is 18.3. The molecule has 2 aromatic rings. The van der Waals surface area contributed by atoms with E-state index in [1.54, 1.807) is 11.3 Å². The molecule has 1 aliphatic rings. The van der Waals surface area contributed by atoms with Crippen LogP contribution in [0.4, 0.5) is 0 Å². The van der Waals surface area contributed by atoms with Crippen LogP contribution in [0.2, 0.25) is 4.34 Å². The number of thiophene rings is 1. The van der Waals surface area contributed by atoms with Gasteiger partial charge in [-0.1, -0.05) is 17.7 Å². The molecule has 0 bridgehead atoms. The van der Waals surface area contributed by atoms with E-state index in [0.29, 0.717) is 6.04 Å². The predicted octanol–water partition coefficient (Wildman–Crippen LogP) is 4.27. The van der Waals surface area contributed by atoms with E-state index in [4.69, 9.17) is 11.6 Å². The highest BCUT2D eigenvalue weighted by Crippen LogP contribution is 2.37. The Balaban J connectivity index is 1.71. The van der Waals surface area contributed by atoms with Crippen molar-refractivity contribution in [1.29, 1.82) is 0 Å². The summed E-state index contributed by atoms with van der Waals surface area (Å²) in [6.45, 7) is 2.85. The third kappa shape index (κ3) is 2.99. The zero-order valence-corrected chi connectivity index (χ0v) is 12.5. The number of fused-ring (bicyclic) bond motifs is 1. The summed E-state index contributed by atoms with van der Waals surface area (Å²) in [5, 5.41) is 3.62. The van der Waals surface area contributed by atoms with E-state index >= 15 is 0 Å². The number of nitrogens with one attached hydrogen (secondary N) is 1. The summed E-state index contributed by atoms with van der Waals surface area (Å²) < 4.78 is 0.910. The first kappa shape index (κ1) is 13.1. The SMILES string of the molecule is Cc1cccc(CNC2CCCc3sc(Cl)cc32)n1. The summed E-state index contributed by atoms with van der Waals surface area (Å²) in [6, 6.07) is 8.72. The van der Waals surface area contributed by atoms with E-state index in [1.807, 2.05) is 13.0 Å². The predicted molar refractivity (Wildman–Crippen MR) is 80.8 cm³/mol. The lowest BCUT2D eigenvalue weighted by molar-refractivity contribution is 0.460. The lowest BCUT2D eigenvalue weighted by atomic mass is 9.94. The van der Waals surface area contributed by atoms with Gasteiger partial charge in [-0.25, -0.2) is 0 Å². The molecule has 0 fully saturated rings. The van der Waals surface area contributed by atoms with Gasteiger partial charge in [0.15, 0.2) is 0 Å². The monoisotopic (exact) mass is 292 g/mol. The fraction of sp³-hybridized carbons (Fsp3) is 0.400. The molecule has 4 heteroatoms. The number of hydrogen-bond acceptors (Lipinski definition) is 3. The van der Waals surface area contributed by atoms with Crippen LogP contribution in [0.25, 0.3) is 0 Å². The van der Waals surface area contributed by atoms with Crippen molar-refractivity contribution in [2.24, 2.45) is 0 Å². The van der Waals surface area contributed by atoms with E-state index in [-0.39, 0.29) is 0 Å². The highest BCUT2D eigenvalue weighted by molar-refractivity contribution is 7.16. The molecular formula is C15H17ClN2S. The summed E-state index contributed by atoms with van der Waals surface area (Å²) in [4.78, 5) is 5.98. The number of aromatic nitrogens is 1. The van der Waals surface area contributed by atoms with Crippen LogP contribution in [0, 0.1) is 6.92 Å². The Bertz CT molecular complexity index is 579. The van der Waals surface area contributed by atoms with E-state index < -0.39 is 0 Å². The third-order valence-corrected chi connectivity index (χ3v) is 4.90. The van der Waals surface area contributed by atoms with Gasteiger partial charge in [-0.2, -0.15) is 0 Å². The fourth-order valence-electron chi connectivity index (χ4n) is 2.66. The quantitative estimate of drug-likeness (QED) is 0.914. The van der Waals surface area contributed by atoms with E-state index in [0.717, 1.165) is 22.3 Å². The Morgan fingerprint density at radius 3 is 3.21 bits per heavy atom. The van der Waals surface area contributed by atoms with E-state index in [9.17, 15) is 0 Å². The molecule has 19 heavy (non-hydrogen) atoms. The molecule has 2 nitrogen and oxygen atoms in total. The van der Waals surface area contributed by atoms with Crippen LogP contribution < -0.4 is 5.32 Å². The average molecular weight is 293 g/mol. The first-order valence-electron chi connectivity index (χ1n) is 6.66. The number of pyridine rings is 1. The molecule has 2 heterocycles. The first-order chi connectivity index (χ1) is 9.22. The van der Waals surface area contributed by atoms with Crippen molar-refractivity contribution >= 4 is 22.9 Å². The Morgan fingerprint density at radius 1 is 1.47 bits per heavy atom. The molecule has 0 aliphatic heterocycles. The maximum absolute atomic E-state index is 6.13. The van der Waals surface area contributed by atoms with Crippen LogP contribution in [0.1, 0.15) is 40.7 Å². The van der Waals surface area contributed by atoms with Crippen molar-refractivity contribution in [2.45, 2.75) is 38.8 Å². The number of halogens is 1. The van der Waals surface area contributed by atoms with Crippen molar-refractivity contribution in [3.05, 3.63) is 50.4 Å². The maximum Gasteiger partial charge on any atom is 0.0934 e. The molecule has 0 amide bonds. The Labute approximate surface area is 122 Å². The number of rotatable bonds is 3. The second-order valence-electron chi connectivity index (χ2n) is 5.03. The molecule has 1 unspecified atom stereocenters. The van der Waals surface area contributed by atoms with Gasteiger partial charge in [-0.3, -0.25) is 4.98 Å². The van der Waals surface area contributed by atoms with Gasteiger partial charge in [0.1, 0.15) is 0 Å². The van der Waals surface area contributed by atoms with Gasteiger partial charge in [0, 0.05) is 23.2 Å². The second kappa shape index (κ2) is 5.61. The second-order valence-corrected chi connectivity index (χ2v) is 6.79. The maximum atomic E-state index is 6.13. The molecule has 0 saturated carbocycles. The van der Waals surface area contributed by atoms with Gasteiger partial charge in [-0.05, 0) is 49.9 Å². The molecule has 1 aliphatic carbocycles. The van der Waals surface area contributed by atoms with E-state index in [1.165, 1.54) is 29.7 Å². The fourth-order valence-corrected chi connectivity index (χ4v) is 4.04. The third-order valence-electron chi connectivity index (χ3n) is 3.56. The average Bonchev–Trinajstić information content (AvgIpc) is 2.77. The van der Waals surface area contributed by atoms with Crippen LogP contribution in [-0.4, -0.2) is 4.98 Å². The highest BCUT2D eigenvalue weighted by atomic mass is 35.5. The molecule has 2 aromatic heterocycles. The summed E-state index contributed by atoms with van der Waals surface area (Å²) in [6.07, 6.45) is 3.60. The molecule has 100 valence electrons. The summed E-state index contributed by atoms with van der Waals surface area (Å²) in [5.74, 6) is 0. The smallest absolute Gasteiger partial charge is 0.0934 e. The van der Waals surface area contributed by atoms with Gasteiger partial charge in [-0.15, -0.1) is 11.3 Å². The van der Waals surface area contributed by atoms with Crippen LogP contribution >= 0.6 is 22.9 Å². The van der Waals surface area contributed by atoms with Crippen molar-refractivity contribution in [3.63, 3.8) is 0 Å². The van der Waals surface area contributed by atoms with Gasteiger partial charge in [0.05, 0.1) is 10.0 Å². The minimum atomic E-state index is 0.426. The van der Waals surface area contributed by atoms with Crippen molar-refractivity contribution in [3.8, 4) is 0 Å². The van der Waals surface area contributed by atoms with Crippen molar-refractivity contribution in [1.82, 2.24) is 10.3 Å². The molecule has 0 saturated heterocycles.